The molecule has 51 heavy (non-hydrogen) atoms. The maximum atomic E-state index is 12.6. The number of nitrogens with zero attached hydrogens (tertiary/aromatic N) is 1. The van der Waals surface area contributed by atoms with Crippen LogP contribution in [0.5, 0.6) is 0 Å². The summed E-state index contributed by atoms with van der Waals surface area (Å²) in [4.78, 5) is 22.8. The number of esters is 1. The molecule has 0 aliphatic heterocycles. The Morgan fingerprint density at radius 3 is 1.67 bits per heavy atom. The molecule has 0 saturated carbocycles. The molecule has 8 nitrogen and oxygen atoms in total. The molecular weight excluding hydrogens is 661 g/mol. The van der Waals surface area contributed by atoms with Gasteiger partial charge < -0.3 is 18.9 Å². The van der Waals surface area contributed by atoms with Crippen molar-refractivity contribution in [1.29, 1.82) is 0 Å². The minimum atomic E-state index is -4.30. The Morgan fingerprint density at radius 1 is 0.627 bits per heavy atom. The topological polar surface area (TPSA) is 91.3 Å². The van der Waals surface area contributed by atoms with Crippen molar-refractivity contribution in [1.82, 2.24) is 0 Å². The molecule has 0 rings (SSSR count). The highest BCUT2D eigenvalue weighted by Crippen LogP contribution is 2.43. The van der Waals surface area contributed by atoms with Crippen LogP contribution in [-0.2, 0) is 27.9 Å². The number of ether oxygens (including phenoxy) is 2. The second-order valence-corrected chi connectivity index (χ2v) is 16.2. The van der Waals surface area contributed by atoms with E-state index in [1.807, 2.05) is 27.2 Å². The fourth-order valence-electron chi connectivity index (χ4n) is 5.23. The average Bonchev–Trinajstić information content (AvgIpc) is 3.08. The van der Waals surface area contributed by atoms with Crippen molar-refractivity contribution < 1.29 is 37.3 Å². The van der Waals surface area contributed by atoms with E-state index in [0.29, 0.717) is 17.4 Å². The number of likely N-dealkylation sites (N-methyl/N-ethyl adjacent to an activating group) is 1. The van der Waals surface area contributed by atoms with Gasteiger partial charge in [0.1, 0.15) is 19.8 Å². The van der Waals surface area contributed by atoms with Crippen molar-refractivity contribution in [3.8, 4) is 0 Å². The number of hydrogen-bond donors (Lipinski definition) is 1. The molecule has 0 saturated heterocycles. The van der Waals surface area contributed by atoms with E-state index in [1.54, 1.807) is 6.26 Å². The van der Waals surface area contributed by atoms with Gasteiger partial charge in [-0.1, -0.05) is 134 Å². The van der Waals surface area contributed by atoms with Gasteiger partial charge in [-0.2, -0.15) is 0 Å². The van der Waals surface area contributed by atoms with Crippen LogP contribution in [-0.4, -0.2) is 69.0 Å². The number of rotatable bonds is 37. The van der Waals surface area contributed by atoms with E-state index in [2.05, 4.69) is 50.3 Å². The minimum absolute atomic E-state index is 0.0322. The SMILES string of the molecule is CCCCC/C=C\C/C=C\C/C=C\CCCCC(=O)O[C@@H](CO/C=C\CCCCCCCCCCCCCC)COP(=O)(O)OCC[N+](C)(C)C. The first-order valence-corrected chi connectivity index (χ1v) is 21.9. The number of phosphoric ester groups is 1. The molecule has 0 heterocycles. The molecule has 0 aliphatic carbocycles. The highest BCUT2D eigenvalue weighted by Gasteiger charge is 2.26. The van der Waals surface area contributed by atoms with Crippen LogP contribution in [0, 0.1) is 0 Å². The van der Waals surface area contributed by atoms with Crippen LogP contribution in [0.3, 0.4) is 0 Å². The summed E-state index contributed by atoms with van der Waals surface area (Å²) in [6, 6.07) is 0. The lowest BCUT2D eigenvalue weighted by Crippen LogP contribution is -2.37. The van der Waals surface area contributed by atoms with E-state index in [9.17, 15) is 14.3 Å². The third kappa shape index (κ3) is 39.3. The molecule has 0 fully saturated rings. The van der Waals surface area contributed by atoms with Crippen molar-refractivity contribution in [2.24, 2.45) is 0 Å². The van der Waals surface area contributed by atoms with Gasteiger partial charge in [-0.25, -0.2) is 4.57 Å². The number of hydrogen-bond acceptors (Lipinski definition) is 6. The summed E-state index contributed by atoms with van der Waals surface area (Å²) < 4.78 is 34.6. The first-order chi connectivity index (χ1) is 24.6. The van der Waals surface area contributed by atoms with Crippen LogP contribution in [0.2, 0.25) is 0 Å². The van der Waals surface area contributed by atoms with Crippen LogP contribution in [0.1, 0.15) is 162 Å². The zero-order valence-corrected chi connectivity index (χ0v) is 34.5. The van der Waals surface area contributed by atoms with Crippen molar-refractivity contribution >= 4 is 13.8 Å². The van der Waals surface area contributed by atoms with Gasteiger partial charge in [0.15, 0.2) is 6.10 Å². The van der Waals surface area contributed by atoms with E-state index in [-0.39, 0.29) is 32.2 Å². The summed E-state index contributed by atoms with van der Waals surface area (Å²) in [5, 5.41) is 0. The van der Waals surface area contributed by atoms with Crippen LogP contribution < -0.4 is 0 Å². The predicted octanol–water partition coefficient (Wildman–Crippen LogP) is 11.9. The Kier molecular flexibility index (Phi) is 34.2. The fraction of sp³-hybridized carbons (Fsp3) is 0.786. The molecule has 1 unspecified atom stereocenters. The molecule has 2 atom stereocenters. The summed E-state index contributed by atoms with van der Waals surface area (Å²) in [5.41, 5.74) is 0. The number of carbonyl (C=O) groups excluding carboxylic acids is 1. The third-order valence-corrected chi connectivity index (χ3v) is 9.44. The first-order valence-electron chi connectivity index (χ1n) is 20.4. The molecule has 0 bridgehead atoms. The van der Waals surface area contributed by atoms with Gasteiger partial charge in [0.05, 0.1) is 34.0 Å². The summed E-state index contributed by atoms with van der Waals surface area (Å²) >= 11 is 0. The Labute approximate surface area is 314 Å². The Hall–Kier alpha value is -1.70. The zero-order chi connectivity index (χ0) is 37.7. The molecule has 0 spiro atoms. The van der Waals surface area contributed by atoms with Gasteiger partial charge in [-0.3, -0.25) is 13.8 Å². The van der Waals surface area contributed by atoms with Crippen molar-refractivity contribution in [3.05, 3.63) is 48.8 Å². The van der Waals surface area contributed by atoms with Crippen LogP contribution in [0.15, 0.2) is 48.8 Å². The molecule has 0 aromatic heterocycles. The first kappa shape index (κ1) is 49.3. The van der Waals surface area contributed by atoms with E-state index in [0.717, 1.165) is 38.5 Å². The second kappa shape index (κ2) is 35.3. The molecule has 0 radical (unpaired) electrons. The maximum absolute atomic E-state index is 12.6. The van der Waals surface area contributed by atoms with Gasteiger partial charge in [-0.15, -0.1) is 0 Å². The highest BCUT2D eigenvalue weighted by atomic mass is 31.2. The predicted molar refractivity (Wildman–Crippen MR) is 215 cm³/mol. The quantitative estimate of drug-likeness (QED) is 0.0169. The lowest BCUT2D eigenvalue weighted by atomic mass is 10.0. The lowest BCUT2D eigenvalue weighted by Gasteiger charge is -2.24. The van der Waals surface area contributed by atoms with Gasteiger partial charge in [0.25, 0.3) is 0 Å². The number of phosphoric acid groups is 1. The Bertz CT molecular complexity index is 957. The van der Waals surface area contributed by atoms with Gasteiger partial charge in [0.2, 0.25) is 0 Å². The summed E-state index contributed by atoms with van der Waals surface area (Å²) in [6.07, 6.45) is 42.4. The lowest BCUT2D eigenvalue weighted by molar-refractivity contribution is -0.870. The smallest absolute Gasteiger partial charge is 0.472 e. The third-order valence-electron chi connectivity index (χ3n) is 8.46. The van der Waals surface area contributed by atoms with Crippen LogP contribution in [0.4, 0.5) is 0 Å². The largest absolute Gasteiger partial charge is 0.498 e. The molecule has 1 N–H and O–H groups in total. The molecular formula is C42H79NO7P+. The number of quaternary nitrogens is 1. The maximum Gasteiger partial charge on any atom is 0.472 e. The van der Waals surface area contributed by atoms with E-state index < -0.39 is 13.9 Å². The van der Waals surface area contributed by atoms with Crippen molar-refractivity contribution in [2.45, 2.75) is 168 Å². The minimum Gasteiger partial charge on any atom is -0.498 e. The normalized spacial score (nSPS) is 14.3. The summed E-state index contributed by atoms with van der Waals surface area (Å²) in [6.45, 7) is 4.84. The monoisotopic (exact) mass is 741 g/mol. The van der Waals surface area contributed by atoms with Gasteiger partial charge in [-0.05, 0) is 63.9 Å². The van der Waals surface area contributed by atoms with Gasteiger partial charge in [0, 0.05) is 6.42 Å². The number of unbranched alkanes of at least 4 members (excludes halogenated alkanes) is 17. The van der Waals surface area contributed by atoms with Crippen molar-refractivity contribution in [3.63, 3.8) is 0 Å². The summed E-state index contributed by atoms with van der Waals surface area (Å²) in [5.74, 6) is -0.374. The van der Waals surface area contributed by atoms with Gasteiger partial charge >= 0.3 is 13.8 Å². The highest BCUT2D eigenvalue weighted by molar-refractivity contribution is 7.47. The molecule has 9 heteroatoms. The molecule has 0 aliphatic rings. The second-order valence-electron chi connectivity index (χ2n) is 14.7. The van der Waals surface area contributed by atoms with Crippen molar-refractivity contribution in [2.75, 3.05) is 47.5 Å². The molecule has 0 aromatic rings. The standard InChI is InChI=1S/C42H78NO7P/c1-6-8-10-12-14-16-18-20-22-23-25-27-29-31-33-35-42(44)50-41(40-49-51(45,46)48-38-36-43(3,4)5)39-47-37-34-32-30-28-26-24-21-19-17-15-13-11-9-7-2/h14,16,20,22,25,27,34,37,41H,6-13,15,17-19,21,23-24,26,28-33,35-36,38-40H2,1-5H3/p+1/b16-14-,22-20-,27-25-,37-34-/t41-/m0/s1. The molecule has 0 amide bonds. The molecule has 298 valence electrons. The van der Waals surface area contributed by atoms with E-state index >= 15 is 0 Å². The molecule has 0 aromatic carbocycles. The fourth-order valence-corrected chi connectivity index (χ4v) is 5.97. The number of carbonyl (C=O) groups is 1. The van der Waals surface area contributed by atoms with Crippen LogP contribution in [0.25, 0.3) is 0 Å². The van der Waals surface area contributed by atoms with E-state index in [4.69, 9.17) is 18.5 Å². The Balaban J connectivity index is 4.41. The van der Waals surface area contributed by atoms with Crippen LogP contribution >= 0.6 is 7.82 Å². The average molecular weight is 741 g/mol. The number of allylic oxidation sites excluding steroid dienone is 7. The van der Waals surface area contributed by atoms with E-state index in [1.165, 1.54) is 96.3 Å². The summed E-state index contributed by atoms with van der Waals surface area (Å²) in [7, 11) is 1.61. The zero-order valence-electron chi connectivity index (χ0n) is 33.6. The Morgan fingerprint density at radius 2 is 1.10 bits per heavy atom.